The van der Waals surface area contributed by atoms with E-state index in [0.29, 0.717) is 27.9 Å². The zero-order valence-corrected chi connectivity index (χ0v) is 15.9. The van der Waals surface area contributed by atoms with Gasteiger partial charge in [0.25, 0.3) is 11.7 Å². The summed E-state index contributed by atoms with van der Waals surface area (Å²) >= 11 is 1.23. The zero-order valence-electron chi connectivity index (χ0n) is 15.1. The molecule has 0 aliphatic carbocycles. The number of nitrogens with zero attached hydrogens (tertiary/aromatic N) is 1. The first-order chi connectivity index (χ1) is 13.0. The summed E-state index contributed by atoms with van der Waals surface area (Å²) in [5, 5.41) is 4.67. The van der Waals surface area contributed by atoms with Crippen LogP contribution in [0.25, 0.3) is 11.3 Å². The summed E-state index contributed by atoms with van der Waals surface area (Å²) in [6.07, 6.45) is 0. The maximum Gasteiger partial charge on any atom is 0.298 e. The number of aromatic nitrogens is 1. The molecule has 0 aliphatic rings. The zero-order chi connectivity index (χ0) is 19.4. The lowest BCUT2D eigenvalue weighted by Crippen LogP contribution is -2.22. The summed E-state index contributed by atoms with van der Waals surface area (Å²) in [6, 6.07) is 12.2. The number of carbonyl (C=O) groups excluding carboxylic acids is 2. The highest BCUT2D eigenvalue weighted by Gasteiger charge is 2.18. The molecule has 0 bridgehead atoms. The fraction of sp³-hybridized carbons (Fsp3) is 0.150. The van der Waals surface area contributed by atoms with E-state index in [4.69, 9.17) is 9.47 Å². The number of carbonyl (C=O) groups is 2. The number of aryl methyl sites for hydroxylation is 1. The van der Waals surface area contributed by atoms with E-state index in [2.05, 4.69) is 10.3 Å². The lowest BCUT2D eigenvalue weighted by Gasteiger charge is -2.08. The van der Waals surface area contributed by atoms with Crippen molar-refractivity contribution >= 4 is 28.2 Å². The Balaban J connectivity index is 1.79. The largest absolute Gasteiger partial charge is 0.497 e. The number of anilines is 1. The van der Waals surface area contributed by atoms with Crippen molar-refractivity contribution in [3.63, 3.8) is 0 Å². The van der Waals surface area contributed by atoms with Crippen molar-refractivity contribution < 1.29 is 19.1 Å². The fourth-order valence-electron chi connectivity index (χ4n) is 2.46. The van der Waals surface area contributed by atoms with Gasteiger partial charge in [-0.15, -0.1) is 11.3 Å². The molecule has 3 rings (SSSR count). The van der Waals surface area contributed by atoms with Crippen molar-refractivity contribution in [1.29, 1.82) is 0 Å². The van der Waals surface area contributed by atoms with Gasteiger partial charge in [-0.05, 0) is 25.1 Å². The second kappa shape index (κ2) is 8.01. The van der Waals surface area contributed by atoms with Gasteiger partial charge in [-0.25, -0.2) is 4.98 Å². The van der Waals surface area contributed by atoms with Gasteiger partial charge in [0.15, 0.2) is 5.13 Å². The van der Waals surface area contributed by atoms with Crippen LogP contribution < -0.4 is 14.8 Å². The van der Waals surface area contributed by atoms with Crippen LogP contribution in [0.1, 0.15) is 15.9 Å². The van der Waals surface area contributed by atoms with E-state index in [1.165, 1.54) is 11.3 Å². The Kier molecular flexibility index (Phi) is 5.52. The third-order valence-electron chi connectivity index (χ3n) is 3.93. The highest BCUT2D eigenvalue weighted by atomic mass is 32.1. The van der Waals surface area contributed by atoms with E-state index in [-0.39, 0.29) is 0 Å². The number of hydrogen-bond acceptors (Lipinski definition) is 6. The minimum absolute atomic E-state index is 0.334. The normalized spacial score (nSPS) is 10.3. The number of hydrogen-bond donors (Lipinski definition) is 1. The summed E-state index contributed by atoms with van der Waals surface area (Å²) in [6.45, 7) is 1.91. The molecule has 1 amide bonds. The molecule has 0 spiro atoms. The Morgan fingerprint density at radius 2 is 1.78 bits per heavy atom. The predicted molar refractivity (Wildman–Crippen MR) is 105 cm³/mol. The van der Waals surface area contributed by atoms with Crippen molar-refractivity contribution in [3.05, 3.63) is 59.0 Å². The molecule has 0 radical (unpaired) electrons. The van der Waals surface area contributed by atoms with Crippen LogP contribution in [0.2, 0.25) is 0 Å². The molecule has 1 N–H and O–H groups in total. The van der Waals surface area contributed by atoms with Gasteiger partial charge in [-0.3, -0.25) is 14.9 Å². The second-order valence-corrected chi connectivity index (χ2v) is 6.61. The van der Waals surface area contributed by atoms with Crippen LogP contribution >= 0.6 is 11.3 Å². The summed E-state index contributed by atoms with van der Waals surface area (Å²) in [4.78, 5) is 28.9. The molecule has 0 fully saturated rings. The van der Waals surface area contributed by atoms with Crippen molar-refractivity contribution in [2.45, 2.75) is 6.92 Å². The van der Waals surface area contributed by atoms with Gasteiger partial charge in [0.1, 0.15) is 11.5 Å². The SMILES string of the molecule is COc1ccc(OC)c(-c2csc(NC(=O)C(=O)c3ccc(C)cc3)n2)c1. The van der Waals surface area contributed by atoms with Crippen LogP contribution in [0.5, 0.6) is 11.5 Å². The Morgan fingerprint density at radius 3 is 2.44 bits per heavy atom. The molecule has 1 aromatic heterocycles. The van der Waals surface area contributed by atoms with E-state index >= 15 is 0 Å². The van der Waals surface area contributed by atoms with Crippen LogP contribution in [0.15, 0.2) is 47.8 Å². The molecule has 0 saturated carbocycles. The monoisotopic (exact) mass is 382 g/mol. The Labute approximate surface area is 160 Å². The third-order valence-corrected chi connectivity index (χ3v) is 4.68. The standard InChI is InChI=1S/C20H18N2O4S/c1-12-4-6-13(7-5-12)18(23)19(24)22-20-21-16(11-27-20)15-10-14(25-2)8-9-17(15)26-3/h4-11H,1-3H3,(H,21,22,24). The molecule has 0 atom stereocenters. The van der Waals surface area contributed by atoms with E-state index < -0.39 is 11.7 Å². The van der Waals surface area contributed by atoms with Gasteiger partial charge in [0.2, 0.25) is 0 Å². The average Bonchev–Trinajstić information content (AvgIpc) is 3.15. The molecular weight excluding hydrogens is 364 g/mol. The molecular formula is C20H18N2O4S. The molecule has 27 heavy (non-hydrogen) atoms. The molecule has 0 saturated heterocycles. The van der Waals surface area contributed by atoms with Crippen LogP contribution in [0.4, 0.5) is 5.13 Å². The van der Waals surface area contributed by atoms with Crippen LogP contribution in [0.3, 0.4) is 0 Å². The van der Waals surface area contributed by atoms with Crippen LogP contribution in [-0.2, 0) is 4.79 Å². The van der Waals surface area contributed by atoms with Crippen LogP contribution in [-0.4, -0.2) is 30.9 Å². The van der Waals surface area contributed by atoms with Crippen molar-refractivity contribution in [1.82, 2.24) is 4.98 Å². The smallest absolute Gasteiger partial charge is 0.298 e. The molecule has 7 heteroatoms. The number of Topliss-reactive ketones (excluding diaryl/α,β-unsaturated/α-hetero) is 1. The first-order valence-electron chi connectivity index (χ1n) is 8.12. The summed E-state index contributed by atoms with van der Waals surface area (Å²) in [7, 11) is 3.15. The van der Waals surface area contributed by atoms with E-state index in [0.717, 1.165) is 11.1 Å². The lowest BCUT2D eigenvalue weighted by atomic mass is 10.1. The highest BCUT2D eigenvalue weighted by molar-refractivity contribution is 7.14. The molecule has 1 heterocycles. The molecule has 2 aromatic carbocycles. The molecule has 0 unspecified atom stereocenters. The van der Waals surface area contributed by atoms with Crippen molar-refractivity contribution in [2.24, 2.45) is 0 Å². The first kappa shape index (κ1) is 18.6. The van der Waals surface area contributed by atoms with Gasteiger partial charge < -0.3 is 9.47 Å². The number of ketones is 1. The topological polar surface area (TPSA) is 77.5 Å². The van der Waals surface area contributed by atoms with Gasteiger partial charge in [0, 0.05) is 16.5 Å². The van der Waals surface area contributed by atoms with Crippen molar-refractivity contribution in [3.8, 4) is 22.8 Å². The minimum Gasteiger partial charge on any atom is -0.497 e. The summed E-state index contributed by atoms with van der Waals surface area (Å²) < 4.78 is 10.6. The maximum atomic E-state index is 12.2. The highest BCUT2D eigenvalue weighted by Crippen LogP contribution is 2.35. The maximum absolute atomic E-state index is 12.2. The number of thiazole rings is 1. The van der Waals surface area contributed by atoms with E-state index in [1.54, 1.807) is 62.1 Å². The van der Waals surface area contributed by atoms with E-state index in [9.17, 15) is 9.59 Å². The van der Waals surface area contributed by atoms with Crippen LogP contribution in [0, 0.1) is 6.92 Å². The minimum atomic E-state index is -0.725. The Morgan fingerprint density at radius 1 is 1.04 bits per heavy atom. The number of amides is 1. The third kappa shape index (κ3) is 4.15. The Bertz CT molecular complexity index is 980. The first-order valence-corrected chi connectivity index (χ1v) is 9.00. The average molecular weight is 382 g/mol. The molecule has 138 valence electrons. The van der Waals surface area contributed by atoms with Crippen molar-refractivity contribution in [2.75, 3.05) is 19.5 Å². The lowest BCUT2D eigenvalue weighted by molar-refractivity contribution is -0.112. The number of benzene rings is 2. The second-order valence-electron chi connectivity index (χ2n) is 5.75. The summed E-state index contributed by atoms with van der Waals surface area (Å²) in [5.41, 5.74) is 2.71. The van der Waals surface area contributed by atoms with Gasteiger partial charge >= 0.3 is 0 Å². The number of nitrogens with one attached hydrogen (secondary N) is 1. The Hall–Kier alpha value is -3.19. The summed E-state index contributed by atoms with van der Waals surface area (Å²) in [5.74, 6) is -0.0308. The number of ether oxygens (including phenoxy) is 2. The van der Waals surface area contributed by atoms with Gasteiger partial charge in [0.05, 0.1) is 19.9 Å². The predicted octanol–water partition coefficient (Wildman–Crippen LogP) is 3.96. The number of rotatable bonds is 6. The van der Waals surface area contributed by atoms with Gasteiger partial charge in [-0.1, -0.05) is 29.8 Å². The van der Waals surface area contributed by atoms with E-state index in [1.807, 2.05) is 6.92 Å². The molecule has 0 aliphatic heterocycles. The fourth-order valence-corrected chi connectivity index (χ4v) is 3.16. The van der Waals surface area contributed by atoms with Gasteiger partial charge in [-0.2, -0.15) is 0 Å². The quantitative estimate of drug-likeness (QED) is 0.516. The molecule has 6 nitrogen and oxygen atoms in total. The molecule has 3 aromatic rings. The number of methoxy groups -OCH3 is 2.